The number of Topliss-reactive ketones (excluding diaryl/α,β-unsaturated/α-hetero) is 1. The second kappa shape index (κ2) is 11.6. The van der Waals surface area contributed by atoms with Gasteiger partial charge < -0.3 is 9.84 Å². The molecule has 198 valence electrons. The smallest absolute Gasteiger partial charge is 0.301 e. The van der Waals surface area contributed by atoms with Gasteiger partial charge in [-0.15, -0.1) is 10.2 Å². The van der Waals surface area contributed by atoms with Crippen LogP contribution in [-0.2, 0) is 15.3 Å². The van der Waals surface area contributed by atoms with Gasteiger partial charge in [-0.3, -0.25) is 14.5 Å². The van der Waals surface area contributed by atoms with E-state index in [4.69, 9.17) is 39.5 Å². The molecule has 7 nitrogen and oxygen atoms in total. The molecule has 1 N–H and O–H groups in total. The molecule has 5 rings (SSSR count). The zero-order valence-corrected chi connectivity index (χ0v) is 24.0. The lowest BCUT2D eigenvalue weighted by molar-refractivity contribution is -0.132. The maximum atomic E-state index is 13.4. The maximum absolute atomic E-state index is 13.4. The van der Waals surface area contributed by atoms with Crippen LogP contribution >= 0.6 is 57.9 Å². The van der Waals surface area contributed by atoms with Crippen LogP contribution in [0.1, 0.15) is 22.7 Å². The summed E-state index contributed by atoms with van der Waals surface area (Å²) >= 11 is 21.2. The van der Waals surface area contributed by atoms with E-state index in [9.17, 15) is 14.7 Å². The Kier molecular flexibility index (Phi) is 8.16. The van der Waals surface area contributed by atoms with Gasteiger partial charge in [0.1, 0.15) is 11.5 Å². The van der Waals surface area contributed by atoms with E-state index in [-0.39, 0.29) is 21.5 Å². The number of carbonyl (C=O) groups excluding carboxylic acids is 2. The first kappa shape index (κ1) is 27.5. The van der Waals surface area contributed by atoms with Gasteiger partial charge >= 0.3 is 5.91 Å². The predicted molar refractivity (Wildman–Crippen MR) is 155 cm³/mol. The quantitative estimate of drug-likeness (QED) is 0.0757. The fraction of sp³-hybridized carbons (Fsp3) is 0.111. The van der Waals surface area contributed by atoms with Crippen LogP contribution in [0.3, 0.4) is 0 Å². The highest BCUT2D eigenvalue weighted by molar-refractivity contribution is 8.00. The molecule has 1 atom stereocenters. The van der Waals surface area contributed by atoms with E-state index in [1.54, 1.807) is 48.5 Å². The minimum Gasteiger partial charge on any atom is -0.507 e. The molecule has 0 radical (unpaired) electrons. The van der Waals surface area contributed by atoms with E-state index in [0.717, 1.165) is 16.9 Å². The van der Waals surface area contributed by atoms with Crippen molar-refractivity contribution >= 4 is 80.5 Å². The number of methoxy groups -OCH3 is 1. The molecule has 1 saturated heterocycles. The largest absolute Gasteiger partial charge is 0.507 e. The number of thioether (sulfide) groups is 1. The standard InChI is InChI=1S/C27H18Cl3N3O4S2/c1-37-18-9-4-15(5-10-18)23(34)21-22(19-11-8-17(29)12-20(19)30)33(25(36)24(21)35)26-31-32-27(39-26)38-13-14-2-6-16(28)7-3-14/h2-12,22,34H,13H2,1H3/b23-21-. The lowest BCUT2D eigenvalue weighted by atomic mass is 9.95. The first-order valence-corrected chi connectivity index (χ1v) is 14.3. The number of halogens is 3. The third-order valence-electron chi connectivity index (χ3n) is 5.94. The van der Waals surface area contributed by atoms with Crippen LogP contribution in [0.5, 0.6) is 5.75 Å². The Labute approximate surface area is 247 Å². The van der Waals surface area contributed by atoms with Crippen molar-refractivity contribution in [1.82, 2.24) is 10.2 Å². The predicted octanol–water partition coefficient (Wildman–Crippen LogP) is 7.43. The van der Waals surface area contributed by atoms with E-state index >= 15 is 0 Å². The molecule has 1 aromatic heterocycles. The molecule has 1 fully saturated rings. The molecule has 0 saturated carbocycles. The Hall–Kier alpha value is -3.08. The third kappa shape index (κ3) is 5.64. The van der Waals surface area contributed by atoms with Crippen molar-refractivity contribution in [2.24, 2.45) is 0 Å². The molecular formula is C27H18Cl3N3O4S2. The van der Waals surface area contributed by atoms with Gasteiger partial charge in [0.2, 0.25) is 5.13 Å². The Morgan fingerprint density at radius 1 is 1.00 bits per heavy atom. The summed E-state index contributed by atoms with van der Waals surface area (Å²) in [4.78, 5) is 28.0. The van der Waals surface area contributed by atoms with Crippen LogP contribution < -0.4 is 9.64 Å². The number of hydrogen-bond donors (Lipinski definition) is 1. The van der Waals surface area contributed by atoms with Crippen molar-refractivity contribution in [2.75, 3.05) is 12.0 Å². The van der Waals surface area contributed by atoms with Crippen molar-refractivity contribution in [3.8, 4) is 5.75 Å². The third-order valence-corrected chi connectivity index (χ3v) is 8.88. The van der Waals surface area contributed by atoms with Crippen molar-refractivity contribution < 1.29 is 19.4 Å². The van der Waals surface area contributed by atoms with Gasteiger partial charge in [-0.1, -0.05) is 76.1 Å². The monoisotopic (exact) mass is 617 g/mol. The number of amides is 1. The SMILES string of the molecule is COc1ccc(/C(O)=C2/C(=O)C(=O)N(c3nnc(SCc4ccc(Cl)cc4)s3)C2c2ccc(Cl)cc2Cl)cc1. The molecule has 0 aliphatic carbocycles. The van der Waals surface area contributed by atoms with Crippen LogP contribution in [0, 0.1) is 0 Å². The number of benzene rings is 3. The maximum Gasteiger partial charge on any atom is 0.301 e. The first-order chi connectivity index (χ1) is 18.8. The Bertz CT molecular complexity index is 1590. The number of carbonyl (C=O) groups is 2. The number of aromatic nitrogens is 2. The minimum atomic E-state index is -1.06. The lowest BCUT2D eigenvalue weighted by Gasteiger charge is -2.23. The molecule has 3 aromatic carbocycles. The Morgan fingerprint density at radius 3 is 2.36 bits per heavy atom. The number of hydrogen-bond acceptors (Lipinski definition) is 8. The van der Waals surface area contributed by atoms with E-state index < -0.39 is 17.7 Å². The molecule has 1 unspecified atom stereocenters. The highest BCUT2D eigenvalue weighted by Crippen LogP contribution is 2.46. The molecule has 0 bridgehead atoms. The topological polar surface area (TPSA) is 92.6 Å². The highest BCUT2D eigenvalue weighted by atomic mass is 35.5. The van der Waals surface area contributed by atoms with Gasteiger partial charge in [0.05, 0.1) is 18.7 Å². The highest BCUT2D eigenvalue weighted by Gasteiger charge is 2.49. The summed E-state index contributed by atoms with van der Waals surface area (Å²) in [7, 11) is 1.52. The normalized spacial score (nSPS) is 16.6. The molecule has 4 aromatic rings. The number of ketones is 1. The summed E-state index contributed by atoms with van der Waals surface area (Å²) in [5.74, 6) is -0.899. The summed E-state index contributed by atoms with van der Waals surface area (Å²) in [6.07, 6.45) is 0. The average molecular weight is 619 g/mol. The number of aliphatic hydroxyl groups is 1. The van der Waals surface area contributed by atoms with E-state index in [1.165, 1.54) is 29.8 Å². The average Bonchev–Trinajstić information content (AvgIpc) is 3.50. The fourth-order valence-corrected chi connectivity index (χ4v) is 6.50. The Balaban J connectivity index is 1.55. The zero-order chi connectivity index (χ0) is 27.7. The molecule has 39 heavy (non-hydrogen) atoms. The molecular weight excluding hydrogens is 601 g/mol. The second-order valence-electron chi connectivity index (χ2n) is 8.33. The van der Waals surface area contributed by atoms with Crippen molar-refractivity contribution in [1.29, 1.82) is 0 Å². The van der Waals surface area contributed by atoms with Crippen LogP contribution in [0.4, 0.5) is 5.13 Å². The van der Waals surface area contributed by atoms with Gasteiger partial charge in [-0.05, 0) is 59.7 Å². The molecule has 1 aliphatic heterocycles. The lowest BCUT2D eigenvalue weighted by Crippen LogP contribution is -2.29. The molecule has 0 spiro atoms. The summed E-state index contributed by atoms with van der Waals surface area (Å²) < 4.78 is 5.78. The van der Waals surface area contributed by atoms with Crippen LogP contribution in [0.25, 0.3) is 5.76 Å². The molecule has 1 amide bonds. The number of nitrogens with zero attached hydrogens (tertiary/aromatic N) is 3. The van der Waals surface area contributed by atoms with Gasteiger partial charge in [-0.2, -0.15) is 0 Å². The van der Waals surface area contributed by atoms with Gasteiger partial charge in [0, 0.05) is 26.4 Å². The Morgan fingerprint density at radius 2 is 1.69 bits per heavy atom. The number of aliphatic hydroxyl groups excluding tert-OH is 1. The molecule has 12 heteroatoms. The summed E-state index contributed by atoms with van der Waals surface area (Å²) in [6.45, 7) is 0. The van der Waals surface area contributed by atoms with Gasteiger partial charge in [0.25, 0.3) is 5.78 Å². The van der Waals surface area contributed by atoms with Crippen molar-refractivity contribution in [3.05, 3.63) is 104 Å². The number of anilines is 1. The zero-order valence-electron chi connectivity index (χ0n) is 20.1. The minimum absolute atomic E-state index is 0.125. The summed E-state index contributed by atoms with van der Waals surface area (Å²) in [5.41, 5.74) is 1.65. The summed E-state index contributed by atoms with van der Waals surface area (Å²) in [5, 5.41) is 21.1. The van der Waals surface area contributed by atoms with Gasteiger partial charge in [0.15, 0.2) is 4.34 Å². The van der Waals surface area contributed by atoms with Gasteiger partial charge in [-0.25, -0.2) is 0 Å². The van der Waals surface area contributed by atoms with E-state index in [2.05, 4.69) is 10.2 Å². The summed E-state index contributed by atoms with van der Waals surface area (Å²) in [6, 6.07) is 17.6. The number of rotatable bonds is 7. The van der Waals surface area contributed by atoms with E-state index in [0.29, 0.717) is 37.0 Å². The van der Waals surface area contributed by atoms with Crippen LogP contribution in [0.15, 0.2) is 76.6 Å². The molecule has 2 heterocycles. The van der Waals surface area contributed by atoms with E-state index in [1.807, 2.05) is 12.1 Å². The second-order valence-corrected chi connectivity index (χ2v) is 11.8. The first-order valence-electron chi connectivity index (χ1n) is 11.4. The van der Waals surface area contributed by atoms with Crippen LogP contribution in [-0.4, -0.2) is 34.1 Å². The van der Waals surface area contributed by atoms with Crippen LogP contribution in [0.2, 0.25) is 15.1 Å². The molecule has 1 aliphatic rings. The van der Waals surface area contributed by atoms with Crippen molar-refractivity contribution in [3.63, 3.8) is 0 Å². The number of ether oxygens (including phenoxy) is 1. The fourth-order valence-electron chi connectivity index (χ4n) is 4.04. The van der Waals surface area contributed by atoms with Crippen molar-refractivity contribution in [2.45, 2.75) is 16.1 Å².